The van der Waals surface area contributed by atoms with E-state index in [9.17, 15) is 10.1 Å². The molecule has 1 aromatic rings. The third kappa shape index (κ3) is 3.77. The van der Waals surface area contributed by atoms with Crippen molar-refractivity contribution in [3.05, 3.63) is 15.9 Å². The van der Waals surface area contributed by atoms with Crippen molar-refractivity contribution >= 4 is 11.5 Å². The maximum Gasteiger partial charge on any atom is 0.372 e. The van der Waals surface area contributed by atoms with Gasteiger partial charge < -0.3 is 10.1 Å². The lowest BCUT2D eigenvalue weighted by atomic mass is 10.2. The maximum atomic E-state index is 11.1. The molecule has 0 spiro atoms. The number of nitrogens with one attached hydrogen (secondary N) is 1. The first-order valence-corrected chi connectivity index (χ1v) is 6.39. The molecular formula is C12H20N4O3. The van der Waals surface area contributed by atoms with E-state index in [4.69, 9.17) is 4.74 Å². The van der Waals surface area contributed by atoms with E-state index in [1.165, 1.54) is 7.11 Å². The van der Waals surface area contributed by atoms with Crippen molar-refractivity contribution < 1.29 is 9.66 Å². The van der Waals surface area contributed by atoms with E-state index in [0.29, 0.717) is 12.2 Å². The van der Waals surface area contributed by atoms with E-state index in [2.05, 4.69) is 15.3 Å². The van der Waals surface area contributed by atoms with Crippen molar-refractivity contribution in [3.8, 4) is 5.88 Å². The fraction of sp³-hybridized carbons (Fsp3) is 0.667. The summed E-state index contributed by atoms with van der Waals surface area (Å²) >= 11 is 0. The number of hydrogen-bond acceptors (Lipinski definition) is 6. The van der Waals surface area contributed by atoms with Crippen LogP contribution in [0.1, 0.15) is 39.4 Å². The number of aryl methyl sites for hydroxylation is 1. The van der Waals surface area contributed by atoms with Gasteiger partial charge in [0.25, 0.3) is 5.88 Å². The van der Waals surface area contributed by atoms with Crippen LogP contribution in [0.3, 0.4) is 0 Å². The third-order valence-electron chi connectivity index (χ3n) is 2.74. The molecule has 0 aliphatic carbocycles. The monoisotopic (exact) mass is 268 g/mol. The number of ether oxygens (including phenoxy) is 1. The van der Waals surface area contributed by atoms with Gasteiger partial charge in [-0.2, -0.15) is 4.98 Å². The number of nitrogens with zero attached hydrogens (tertiary/aromatic N) is 3. The minimum atomic E-state index is -0.515. The highest BCUT2D eigenvalue weighted by Gasteiger charge is 2.26. The van der Waals surface area contributed by atoms with Crippen molar-refractivity contribution in [2.75, 3.05) is 12.4 Å². The second-order valence-electron chi connectivity index (χ2n) is 4.31. The SMILES string of the molecule is CCCc1nc(NC(C)CC)c([N+](=O)[O-])c(OC)n1. The van der Waals surface area contributed by atoms with Gasteiger partial charge in [0.15, 0.2) is 0 Å². The minimum Gasteiger partial charge on any atom is -0.476 e. The summed E-state index contributed by atoms with van der Waals surface area (Å²) in [5.41, 5.74) is -0.206. The molecule has 0 saturated carbocycles. The van der Waals surface area contributed by atoms with Gasteiger partial charge in [-0.25, -0.2) is 4.98 Å². The highest BCUT2D eigenvalue weighted by molar-refractivity contribution is 5.62. The predicted octanol–water partition coefficient (Wildman–Crippen LogP) is 2.56. The van der Waals surface area contributed by atoms with Gasteiger partial charge in [-0.1, -0.05) is 13.8 Å². The number of rotatable bonds is 7. The highest BCUT2D eigenvalue weighted by atomic mass is 16.6. The molecule has 0 saturated heterocycles. The molecule has 0 bridgehead atoms. The second-order valence-corrected chi connectivity index (χ2v) is 4.31. The van der Waals surface area contributed by atoms with Gasteiger partial charge in [0, 0.05) is 12.5 Å². The van der Waals surface area contributed by atoms with Gasteiger partial charge in [0.1, 0.15) is 5.82 Å². The molecule has 106 valence electrons. The molecule has 0 fully saturated rings. The second kappa shape index (κ2) is 6.86. The molecule has 7 heteroatoms. The molecule has 19 heavy (non-hydrogen) atoms. The summed E-state index contributed by atoms with van der Waals surface area (Å²) in [6, 6.07) is 0.0905. The molecule has 1 aromatic heterocycles. The molecule has 0 amide bonds. The van der Waals surface area contributed by atoms with Crippen LogP contribution in [-0.4, -0.2) is 28.0 Å². The molecule has 1 N–H and O–H groups in total. The Morgan fingerprint density at radius 3 is 2.58 bits per heavy atom. The minimum absolute atomic E-state index is 0.00857. The van der Waals surface area contributed by atoms with Crippen LogP contribution in [0.5, 0.6) is 5.88 Å². The molecule has 1 heterocycles. The van der Waals surface area contributed by atoms with E-state index in [1.807, 2.05) is 20.8 Å². The lowest BCUT2D eigenvalue weighted by molar-refractivity contribution is -0.385. The van der Waals surface area contributed by atoms with E-state index in [0.717, 1.165) is 12.8 Å². The van der Waals surface area contributed by atoms with Gasteiger partial charge in [-0.3, -0.25) is 10.1 Å². The fourth-order valence-corrected chi connectivity index (χ4v) is 1.56. The van der Waals surface area contributed by atoms with E-state index in [-0.39, 0.29) is 23.4 Å². The van der Waals surface area contributed by atoms with Crippen LogP contribution in [0.25, 0.3) is 0 Å². The molecule has 1 rings (SSSR count). The van der Waals surface area contributed by atoms with Gasteiger partial charge in [0.2, 0.25) is 5.82 Å². The van der Waals surface area contributed by atoms with E-state index in [1.54, 1.807) is 0 Å². The normalized spacial score (nSPS) is 12.0. The maximum absolute atomic E-state index is 11.1. The van der Waals surface area contributed by atoms with Crippen molar-refractivity contribution in [2.24, 2.45) is 0 Å². The predicted molar refractivity (Wildman–Crippen MR) is 72.6 cm³/mol. The molecule has 0 radical (unpaired) electrons. The van der Waals surface area contributed by atoms with Crippen molar-refractivity contribution in [1.29, 1.82) is 0 Å². The summed E-state index contributed by atoms with van der Waals surface area (Å²) < 4.78 is 5.02. The first kappa shape index (κ1) is 15.1. The summed E-state index contributed by atoms with van der Waals surface area (Å²) in [5.74, 6) is 0.791. The quantitative estimate of drug-likeness (QED) is 0.603. The van der Waals surface area contributed by atoms with Gasteiger partial charge in [0.05, 0.1) is 12.0 Å². The zero-order valence-electron chi connectivity index (χ0n) is 11.8. The van der Waals surface area contributed by atoms with Gasteiger partial charge >= 0.3 is 5.69 Å². The zero-order valence-corrected chi connectivity index (χ0v) is 11.8. The Kier molecular flexibility index (Phi) is 5.47. The highest BCUT2D eigenvalue weighted by Crippen LogP contribution is 2.32. The Morgan fingerprint density at radius 2 is 2.11 bits per heavy atom. The van der Waals surface area contributed by atoms with Crippen LogP contribution in [0.15, 0.2) is 0 Å². The first-order chi connectivity index (χ1) is 9.03. The molecule has 1 atom stereocenters. The summed E-state index contributed by atoms with van der Waals surface area (Å²) in [7, 11) is 1.37. The summed E-state index contributed by atoms with van der Waals surface area (Å²) in [5, 5.41) is 14.2. The number of methoxy groups -OCH3 is 1. The third-order valence-corrected chi connectivity index (χ3v) is 2.74. The van der Waals surface area contributed by atoms with Crippen molar-refractivity contribution in [1.82, 2.24) is 9.97 Å². The summed E-state index contributed by atoms with van der Waals surface area (Å²) in [6.45, 7) is 5.94. The number of hydrogen-bond donors (Lipinski definition) is 1. The average Bonchev–Trinajstić information content (AvgIpc) is 2.37. The smallest absolute Gasteiger partial charge is 0.372 e. The molecule has 0 aliphatic heterocycles. The summed E-state index contributed by atoms with van der Waals surface area (Å²) in [6.07, 6.45) is 2.36. The fourth-order valence-electron chi connectivity index (χ4n) is 1.56. The van der Waals surface area contributed by atoms with E-state index < -0.39 is 4.92 Å². The molecule has 1 unspecified atom stereocenters. The Morgan fingerprint density at radius 1 is 1.42 bits per heavy atom. The van der Waals surface area contributed by atoms with Gasteiger partial charge in [-0.05, 0) is 19.8 Å². The van der Waals surface area contributed by atoms with Crippen molar-refractivity contribution in [3.63, 3.8) is 0 Å². The number of nitro groups is 1. The van der Waals surface area contributed by atoms with Crippen LogP contribution in [0, 0.1) is 10.1 Å². The lowest BCUT2D eigenvalue weighted by Gasteiger charge is -2.14. The van der Waals surface area contributed by atoms with E-state index >= 15 is 0 Å². The number of aromatic nitrogens is 2. The molecule has 0 aromatic carbocycles. The summed E-state index contributed by atoms with van der Waals surface area (Å²) in [4.78, 5) is 18.9. The Bertz CT molecular complexity index is 451. The van der Waals surface area contributed by atoms with Crippen molar-refractivity contribution in [2.45, 2.75) is 46.1 Å². The Balaban J connectivity index is 3.28. The Labute approximate surface area is 112 Å². The molecule has 7 nitrogen and oxygen atoms in total. The van der Waals surface area contributed by atoms with Gasteiger partial charge in [-0.15, -0.1) is 0 Å². The van der Waals surface area contributed by atoms with Crippen LogP contribution in [0.2, 0.25) is 0 Å². The topological polar surface area (TPSA) is 90.2 Å². The first-order valence-electron chi connectivity index (χ1n) is 6.39. The lowest BCUT2D eigenvalue weighted by Crippen LogP contribution is -2.17. The van der Waals surface area contributed by atoms with Crippen LogP contribution in [0.4, 0.5) is 11.5 Å². The van der Waals surface area contributed by atoms with Crippen LogP contribution in [-0.2, 0) is 6.42 Å². The van der Waals surface area contributed by atoms with Crippen LogP contribution < -0.4 is 10.1 Å². The molecular weight excluding hydrogens is 248 g/mol. The number of anilines is 1. The average molecular weight is 268 g/mol. The zero-order chi connectivity index (χ0) is 14.4. The van der Waals surface area contributed by atoms with Crippen LogP contribution >= 0.6 is 0 Å². The molecule has 0 aliphatic rings. The Hall–Kier alpha value is -1.92. The largest absolute Gasteiger partial charge is 0.476 e. The standard InChI is InChI=1S/C12H20N4O3/c1-5-7-9-14-11(13-8(3)6-2)10(16(17)18)12(15-9)19-4/h8H,5-7H2,1-4H3,(H,13,14,15).